The summed E-state index contributed by atoms with van der Waals surface area (Å²) in [6.07, 6.45) is 1.82. The summed E-state index contributed by atoms with van der Waals surface area (Å²) in [4.78, 5) is 30.1. The number of pyridine rings is 1. The molecule has 3 rings (SSSR count). The fourth-order valence-electron chi connectivity index (χ4n) is 3.03. The second-order valence-corrected chi connectivity index (χ2v) is 9.21. The van der Waals surface area contributed by atoms with Crippen LogP contribution in [0.5, 0.6) is 0 Å². The Hall–Kier alpha value is -2.30. The molecule has 154 valence electrons. The number of halogens is 1. The number of hydrogen-bond donors (Lipinski definition) is 0. The number of aromatic nitrogens is 1. The predicted molar refractivity (Wildman–Crippen MR) is 109 cm³/mol. The highest BCUT2D eigenvalue weighted by Crippen LogP contribution is 2.24. The summed E-state index contributed by atoms with van der Waals surface area (Å²) in [6.45, 7) is 0.955. The van der Waals surface area contributed by atoms with Crippen LogP contribution in [-0.4, -0.2) is 67.8 Å². The monoisotopic (exact) mass is 481 g/mol. The molecule has 8 nitrogen and oxygen atoms in total. The Bertz CT molecular complexity index is 1010. The van der Waals surface area contributed by atoms with Crippen molar-refractivity contribution in [1.29, 1.82) is 0 Å². The third-order valence-corrected chi connectivity index (χ3v) is 7.22. The highest BCUT2D eigenvalue weighted by Gasteiger charge is 2.31. The quantitative estimate of drug-likeness (QED) is 0.602. The summed E-state index contributed by atoms with van der Waals surface area (Å²) in [5.74, 6) is -0.712. The first-order chi connectivity index (χ1) is 13.8. The molecule has 0 bridgehead atoms. The minimum atomic E-state index is -3.80. The maximum atomic E-state index is 13.0. The van der Waals surface area contributed by atoms with Gasteiger partial charge in [0, 0.05) is 42.5 Å². The molecule has 0 N–H and O–H groups in total. The van der Waals surface area contributed by atoms with Crippen molar-refractivity contribution < 1.29 is 22.7 Å². The van der Waals surface area contributed by atoms with Crippen LogP contribution in [0.2, 0.25) is 0 Å². The number of esters is 1. The van der Waals surface area contributed by atoms with Crippen LogP contribution in [0, 0.1) is 0 Å². The number of piperazine rings is 1. The molecule has 29 heavy (non-hydrogen) atoms. The molecule has 1 amide bonds. The van der Waals surface area contributed by atoms with Gasteiger partial charge in [0.25, 0.3) is 0 Å². The van der Waals surface area contributed by atoms with Gasteiger partial charge >= 0.3 is 5.97 Å². The van der Waals surface area contributed by atoms with Crippen molar-refractivity contribution in [3.05, 3.63) is 58.3 Å². The van der Waals surface area contributed by atoms with Gasteiger partial charge in [0.05, 0.1) is 24.0 Å². The van der Waals surface area contributed by atoms with Crippen molar-refractivity contribution in [2.75, 3.05) is 33.3 Å². The zero-order valence-electron chi connectivity index (χ0n) is 15.7. The number of amides is 1. The predicted octanol–water partition coefficient (Wildman–Crippen LogP) is 1.71. The topological polar surface area (TPSA) is 96.9 Å². The Kier molecular flexibility index (Phi) is 6.66. The second-order valence-electron chi connectivity index (χ2n) is 6.42. The number of hydrogen-bond acceptors (Lipinski definition) is 6. The number of nitrogens with zero attached hydrogens (tertiary/aromatic N) is 3. The molecule has 2 heterocycles. The molecule has 10 heteroatoms. The molecule has 0 unspecified atom stereocenters. The number of ether oxygens (including phenoxy) is 1. The lowest BCUT2D eigenvalue weighted by molar-refractivity contribution is -0.131. The van der Waals surface area contributed by atoms with E-state index in [1.165, 1.54) is 29.6 Å². The molecule has 0 saturated carbocycles. The largest absolute Gasteiger partial charge is 0.465 e. The third kappa shape index (κ3) is 4.82. The molecule has 1 aliphatic heterocycles. The summed E-state index contributed by atoms with van der Waals surface area (Å²) in [5.41, 5.74) is 0.815. The molecule has 1 saturated heterocycles. The first kappa shape index (κ1) is 21.4. The number of carbonyl (C=O) groups excluding carboxylic acids is 2. The van der Waals surface area contributed by atoms with Crippen LogP contribution in [0.3, 0.4) is 0 Å². The van der Waals surface area contributed by atoms with E-state index in [1.807, 2.05) is 6.07 Å². The standard InChI is InChI=1S/C19H20BrN3O5S/c1-28-19(25)16-13-15(5-6-17(16)20)29(26,27)23-10-8-22(9-11-23)18(24)12-14-4-2-3-7-21-14/h2-7,13H,8-12H2,1H3. The van der Waals surface area contributed by atoms with E-state index in [-0.39, 0.29) is 35.9 Å². The summed E-state index contributed by atoms with van der Waals surface area (Å²) in [7, 11) is -2.56. The minimum absolute atomic E-state index is 0.00867. The van der Waals surface area contributed by atoms with E-state index in [4.69, 9.17) is 4.74 Å². The fraction of sp³-hybridized carbons (Fsp3) is 0.316. The van der Waals surface area contributed by atoms with Gasteiger partial charge in [0.2, 0.25) is 15.9 Å². The van der Waals surface area contributed by atoms with Gasteiger partial charge in [-0.2, -0.15) is 4.31 Å². The van der Waals surface area contributed by atoms with Gasteiger partial charge in [0.1, 0.15) is 0 Å². The van der Waals surface area contributed by atoms with Gasteiger partial charge in [0.15, 0.2) is 0 Å². The van der Waals surface area contributed by atoms with E-state index in [2.05, 4.69) is 20.9 Å². The van der Waals surface area contributed by atoms with Gasteiger partial charge in [-0.1, -0.05) is 6.07 Å². The summed E-state index contributed by atoms with van der Waals surface area (Å²) >= 11 is 3.23. The summed E-state index contributed by atoms with van der Waals surface area (Å²) < 4.78 is 32.4. The number of sulfonamides is 1. The number of methoxy groups -OCH3 is 1. The van der Waals surface area contributed by atoms with E-state index in [0.717, 1.165) is 0 Å². The molecule has 1 aromatic heterocycles. The molecular weight excluding hydrogens is 462 g/mol. The second kappa shape index (κ2) is 9.02. The fourth-order valence-corrected chi connectivity index (χ4v) is 4.89. The van der Waals surface area contributed by atoms with E-state index in [1.54, 1.807) is 23.2 Å². The van der Waals surface area contributed by atoms with Crippen LogP contribution in [0.25, 0.3) is 0 Å². The van der Waals surface area contributed by atoms with Crippen LogP contribution in [-0.2, 0) is 26.0 Å². The van der Waals surface area contributed by atoms with E-state index in [9.17, 15) is 18.0 Å². The van der Waals surface area contributed by atoms with E-state index in [0.29, 0.717) is 23.3 Å². The molecule has 0 radical (unpaired) electrons. The lowest BCUT2D eigenvalue weighted by Crippen LogP contribution is -2.50. The smallest absolute Gasteiger partial charge is 0.339 e. The van der Waals surface area contributed by atoms with Crippen molar-refractivity contribution in [1.82, 2.24) is 14.2 Å². The molecule has 2 aromatic rings. The molecule has 1 aromatic carbocycles. The highest BCUT2D eigenvalue weighted by molar-refractivity contribution is 9.10. The average molecular weight is 482 g/mol. The Balaban J connectivity index is 1.68. The van der Waals surface area contributed by atoms with Crippen molar-refractivity contribution in [2.24, 2.45) is 0 Å². The molecule has 1 fully saturated rings. The number of benzene rings is 1. The van der Waals surface area contributed by atoms with Crippen LogP contribution >= 0.6 is 15.9 Å². The maximum absolute atomic E-state index is 13.0. The number of rotatable bonds is 5. The Morgan fingerprint density at radius 1 is 1.14 bits per heavy atom. The van der Waals surface area contributed by atoms with E-state index < -0.39 is 16.0 Å². The molecular formula is C19H20BrN3O5S. The van der Waals surface area contributed by atoms with Crippen LogP contribution < -0.4 is 0 Å². The Morgan fingerprint density at radius 2 is 1.86 bits per heavy atom. The van der Waals surface area contributed by atoms with E-state index >= 15 is 0 Å². The average Bonchev–Trinajstić information content (AvgIpc) is 2.74. The first-order valence-electron chi connectivity index (χ1n) is 8.88. The van der Waals surface area contributed by atoms with Gasteiger partial charge < -0.3 is 9.64 Å². The van der Waals surface area contributed by atoms with Crippen molar-refractivity contribution >= 4 is 37.8 Å². The highest BCUT2D eigenvalue weighted by atomic mass is 79.9. The lowest BCUT2D eigenvalue weighted by Gasteiger charge is -2.34. The minimum Gasteiger partial charge on any atom is -0.465 e. The molecule has 0 spiro atoms. The van der Waals surface area contributed by atoms with Crippen LogP contribution in [0.15, 0.2) is 52.0 Å². The SMILES string of the molecule is COC(=O)c1cc(S(=O)(=O)N2CCN(C(=O)Cc3ccccn3)CC2)ccc1Br. The van der Waals surface area contributed by atoms with Gasteiger partial charge in [-0.05, 0) is 46.3 Å². The maximum Gasteiger partial charge on any atom is 0.339 e. The Labute approximate surface area is 177 Å². The molecule has 0 atom stereocenters. The van der Waals surface area contributed by atoms with Crippen LogP contribution in [0.1, 0.15) is 16.1 Å². The molecule has 0 aliphatic carbocycles. The Morgan fingerprint density at radius 3 is 2.48 bits per heavy atom. The third-order valence-electron chi connectivity index (χ3n) is 4.63. The molecule has 1 aliphatic rings. The first-order valence-corrected chi connectivity index (χ1v) is 11.1. The summed E-state index contributed by atoms with van der Waals surface area (Å²) in [5, 5.41) is 0. The lowest BCUT2D eigenvalue weighted by atomic mass is 10.2. The number of carbonyl (C=O) groups is 2. The van der Waals surface area contributed by atoms with Gasteiger partial charge in [-0.15, -0.1) is 0 Å². The summed E-state index contributed by atoms with van der Waals surface area (Å²) in [6, 6.07) is 9.62. The van der Waals surface area contributed by atoms with Crippen molar-refractivity contribution in [3.8, 4) is 0 Å². The van der Waals surface area contributed by atoms with Gasteiger partial charge in [-0.25, -0.2) is 13.2 Å². The zero-order chi connectivity index (χ0) is 21.0. The van der Waals surface area contributed by atoms with Crippen molar-refractivity contribution in [2.45, 2.75) is 11.3 Å². The van der Waals surface area contributed by atoms with Crippen molar-refractivity contribution in [3.63, 3.8) is 0 Å². The normalized spacial score (nSPS) is 15.2. The zero-order valence-corrected chi connectivity index (χ0v) is 18.1. The van der Waals surface area contributed by atoms with Gasteiger partial charge in [-0.3, -0.25) is 9.78 Å². The van der Waals surface area contributed by atoms with Crippen LogP contribution in [0.4, 0.5) is 0 Å².